The van der Waals surface area contributed by atoms with Gasteiger partial charge in [-0.2, -0.15) is 0 Å². The van der Waals surface area contributed by atoms with Crippen molar-refractivity contribution in [2.75, 3.05) is 13.2 Å². The third-order valence-electron chi connectivity index (χ3n) is 12.5. The predicted molar refractivity (Wildman–Crippen MR) is 307 cm³/mol. The molecule has 0 amide bonds. The van der Waals surface area contributed by atoms with Gasteiger partial charge >= 0.3 is 17.9 Å². The summed E-state index contributed by atoms with van der Waals surface area (Å²) < 4.78 is 16.9. The molecule has 0 aliphatic rings. The maximum absolute atomic E-state index is 12.9. The first-order valence-electron chi connectivity index (χ1n) is 29.7. The number of rotatable bonds is 53. The summed E-state index contributed by atoms with van der Waals surface area (Å²) in [5.74, 6) is -0.930. The van der Waals surface area contributed by atoms with Crippen LogP contribution in [0.3, 0.4) is 0 Å². The van der Waals surface area contributed by atoms with Crippen molar-refractivity contribution < 1.29 is 28.6 Å². The van der Waals surface area contributed by atoms with Gasteiger partial charge in [0, 0.05) is 19.3 Å². The highest BCUT2D eigenvalue weighted by atomic mass is 16.6. The van der Waals surface area contributed by atoms with E-state index in [2.05, 4.69) is 118 Å². The average molecular weight is 988 g/mol. The molecule has 406 valence electrons. The van der Waals surface area contributed by atoms with Gasteiger partial charge < -0.3 is 14.2 Å². The summed E-state index contributed by atoms with van der Waals surface area (Å²) in [4.78, 5) is 38.2. The smallest absolute Gasteiger partial charge is 0.306 e. The highest BCUT2D eigenvalue weighted by Crippen LogP contribution is 2.15. The fourth-order valence-corrected chi connectivity index (χ4v) is 8.08. The zero-order chi connectivity index (χ0) is 51.4. The van der Waals surface area contributed by atoms with Crippen molar-refractivity contribution in [3.05, 3.63) is 97.2 Å². The van der Waals surface area contributed by atoms with Crippen LogP contribution in [0.25, 0.3) is 0 Å². The minimum Gasteiger partial charge on any atom is -0.462 e. The molecule has 0 aromatic heterocycles. The van der Waals surface area contributed by atoms with E-state index in [0.717, 1.165) is 103 Å². The largest absolute Gasteiger partial charge is 0.462 e. The topological polar surface area (TPSA) is 78.9 Å². The van der Waals surface area contributed by atoms with Crippen molar-refractivity contribution in [1.29, 1.82) is 0 Å². The first-order valence-corrected chi connectivity index (χ1v) is 29.7. The Bertz CT molecular complexity index is 1410. The molecule has 0 saturated heterocycles. The van der Waals surface area contributed by atoms with Crippen LogP contribution in [0.15, 0.2) is 97.2 Å². The lowest BCUT2D eigenvalue weighted by atomic mass is 10.1. The van der Waals surface area contributed by atoms with Crippen LogP contribution in [0, 0.1) is 0 Å². The van der Waals surface area contributed by atoms with Crippen LogP contribution in [0.2, 0.25) is 0 Å². The molecule has 0 heterocycles. The number of ether oxygens (including phenoxy) is 3. The standard InChI is InChI=1S/C65H110O6/c1-4-7-10-13-16-19-22-25-28-30-32-34-37-40-43-46-49-52-55-58-64(67)70-61-62(60-69-63(66)57-54-51-48-45-42-39-36-27-24-21-18-15-12-9-6-3)71-65(68)59-56-53-50-47-44-41-38-35-33-31-29-26-23-20-17-14-11-8-5-2/h8,11,16-17,19-21,24-26,28-29,33,35,41,44,62H,4-7,9-10,12-15,18,22-23,27,30-32,34,36-40,42-43,45-61H2,1-3H3/b11-8-,19-16-,20-17-,24-21-,28-25-,29-26-,35-33-,44-41-/t62-/m0/s1. The van der Waals surface area contributed by atoms with Crippen LogP contribution >= 0.6 is 0 Å². The molecule has 0 saturated carbocycles. The van der Waals surface area contributed by atoms with Gasteiger partial charge in [0.2, 0.25) is 0 Å². The minimum absolute atomic E-state index is 0.0946. The zero-order valence-corrected chi connectivity index (χ0v) is 46.5. The predicted octanol–water partition coefficient (Wildman–Crippen LogP) is 20.1. The van der Waals surface area contributed by atoms with Crippen LogP contribution in [-0.4, -0.2) is 37.2 Å². The number of hydrogen-bond acceptors (Lipinski definition) is 6. The number of carbonyl (C=O) groups is 3. The second-order valence-corrected chi connectivity index (χ2v) is 19.5. The van der Waals surface area contributed by atoms with E-state index < -0.39 is 6.10 Å². The van der Waals surface area contributed by atoms with Gasteiger partial charge in [-0.3, -0.25) is 14.4 Å². The third kappa shape index (κ3) is 57.1. The summed E-state index contributed by atoms with van der Waals surface area (Å²) in [6, 6.07) is 0. The number of esters is 3. The Balaban J connectivity index is 4.46. The Morgan fingerprint density at radius 3 is 0.915 bits per heavy atom. The number of carbonyl (C=O) groups excluding carboxylic acids is 3. The fraction of sp³-hybridized carbons (Fsp3) is 0.708. The van der Waals surface area contributed by atoms with E-state index in [1.54, 1.807) is 0 Å². The normalized spacial score (nSPS) is 12.8. The second-order valence-electron chi connectivity index (χ2n) is 19.5. The Morgan fingerprint density at radius 1 is 0.296 bits per heavy atom. The molecule has 0 N–H and O–H groups in total. The maximum Gasteiger partial charge on any atom is 0.306 e. The quantitative estimate of drug-likeness (QED) is 0.0261. The SMILES string of the molecule is CC/C=C\C/C=C\C/C=C\C/C=C\C/C=C\CCCCCC(=O)O[C@@H](COC(=O)CCCCCCCCC/C=C\CCCCCC)COC(=O)CCCCCCCCCCC/C=C\C/C=C\CCCCC. The Hall–Kier alpha value is -3.67. The van der Waals surface area contributed by atoms with E-state index in [1.807, 2.05) is 0 Å². The van der Waals surface area contributed by atoms with E-state index in [-0.39, 0.29) is 37.5 Å². The molecular weight excluding hydrogens is 877 g/mol. The first-order chi connectivity index (χ1) is 35.0. The summed E-state index contributed by atoms with van der Waals surface area (Å²) in [5, 5.41) is 0. The fourth-order valence-electron chi connectivity index (χ4n) is 8.08. The lowest BCUT2D eigenvalue weighted by Crippen LogP contribution is -2.30. The van der Waals surface area contributed by atoms with Gasteiger partial charge in [0.15, 0.2) is 6.10 Å². The van der Waals surface area contributed by atoms with Crippen LogP contribution in [0.1, 0.15) is 278 Å². The van der Waals surface area contributed by atoms with Crippen molar-refractivity contribution in [2.45, 2.75) is 284 Å². The molecule has 0 unspecified atom stereocenters. The van der Waals surface area contributed by atoms with Gasteiger partial charge in [-0.15, -0.1) is 0 Å². The van der Waals surface area contributed by atoms with Crippen molar-refractivity contribution in [2.24, 2.45) is 0 Å². The highest BCUT2D eigenvalue weighted by Gasteiger charge is 2.19. The van der Waals surface area contributed by atoms with Crippen molar-refractivity contribution in [3.63, 3.8) is 0 Å². The summed E-state index contributed by atoms with van der Waals surface area (Å²) in [7, 11) is 0. The second kappa shape index (κ2) is 58.9. The molecular formula is C65H110O6. The molecule has 6 nitrogen and oxygen atoms in total. The van der Waals surface area contributed by atoms with Crippen LogP contribution in [0.5, 0.6) is 0 Å². The van der Waals surface area contributed by atoms with E-state index in [1.165, 1.54) is 135 Å². The molecule has 0 aliphatic carbocycles. The lowest BCUT2D eigenvalue weighted by Gasteiger charge is -2.18. The number of unbranched alkanes of at least 4 members (excludes halogenated alkanes) is 26. The molecule has 6 heteroatoms. The van der Waals surface area contributed by atoms with E-state index in [4.69, 9.17) is 14.2 Å². The number of hydrogen-bond donors (Lipinski definition) is 0. The molecule has 0 aromatic carbocycles. The maximum atomic E-state index is 12.9. The van der Waals surface area contributed by atoms with Crippen LogP contribution in [-0.2, 0) is 28.6 Å². The Morgan fingerprint density at radius 2 is 0.549 bits per heavy atom. The zero-order valence-electron chi connectivity index (χ0n) is 46.5. The lowest BCUT2D eigenvalue weighted by molar-refractivity contribution is -0.167. The summed E-state index contributed by atoms with van der Waals surface area (Å²) in [6.45, 7) is 6.47. The third-order valence-corrected chi connectivity index (χ3v) is 12.5. The van der Waals surface area contributed by atoms with E-state index in [0.29, 0.717) is 12.8 Å². The highest BCUT2D eigenvalue weighted by molar-refractivity contribution is 5.71. The molecule has 71 heavy (non-hydrogen) atoms. The van der Waals surface area contributed by atoms with Crippen molar-refractivity contribution in [1.82, 2.24) is 0 Å². The van der Waals surface area contributed by atoms with Gasteiger partial charge in [-0.1, -0.05) is 234 Å². The Labute approximate surface area is 438 Å². The Kier molecular flexibility index (Phi) is 55.9. The van der Waals surface area contributed by atoms with Crippen LogP contribution in [0.4, 0.5) is 0 Å². The number of allylic oxidation sites excluding steroid dienone is 16. The van der Waals surface area contributed by atoms with Crippen molar-refractivity contribution >= 4 is 17.9 Å². The molecule has 1 atom stereocenters. The van der Waals surface area contributed by atoms with E-state index in [9.17, 15) is 14.4 Å². The van der Waals surface area contributed by atoms with E-state index >= 15 is 0 Å². The van der Waals surface area contributed by atoms with Gasteiger partial charge in [0.1, 0.15) is 13.2 Å². The van der Waals surface area contributed by atoms with Crippen molar-refractivity contribution in [3.8, 4) is 0 Å². The summed E-state index contributed by atoms with van der Waals surface area (Å²) in [6.07, 6.45) is 78.2. The molecule has 0 aliphatic heterocycles. The average Bonchev–Trinajstić information content (AvgIpc) is 3.37. The molecule has 0 aromatic rings. The molecule has 0 bridgehead atoms. The van der Waals surface area contributed by atoms with Gasteiger partial charge in [-0.05, 0) is 122 Å². The monoisotopic (exact) mass is 987 g/mol. The first kappa shape index (κ1) is 67.3. The molecule has 0 fully saturated rings. The summed E-state index contributed by atoms with van der Waals surface area (Å²) >= 11 is 0. The van der Waals surface area contributed by atoms with Gasteiger partial charge in [0.25, 0.3) is 0 Å². The molecule has 0 spiro atoms. The summed E-state index contributed by atoms with van der Waals surface area (Å²) in [5.41, 5.74) is 0. The minimum atomic E-state index is -0.800. The van der Waals surface area contributed by atoms with Crippen LogP contribution < -0.4 is 0 Å². The van der Waals surface area contributed by atoms with Gasteiger partial charge in [0.05, 0.1) is 0 Å². The van der Waals surface area contributed by atoms with Gasteiger partial charge in [-0.25, -0.2) is 0 Å². The molecule has 0 radical (unpaired) electrons. The molecule has 0 rings (SSSR count).